The zero-order valence-electron chi connectivity index (χ0n) is 21.8. The summed E-state index contributed by atoms with van der Waals surface area (Å²) in [5, 5.41) is 5.82. The number of nitrogens with one attached hydrogen (secondary N) is 2. The van der Waals surface area contributed by atoms with E-state index in [0.29, 0.717) is 11.4 Å². The molecule has 7 rings (SSSR count). The fraction of sp³-hybridized carbons (Fsp3) is 0.0286. The van der Waals surface area contributed by atoms with Crippen molar-refractivity contribution in [2.24, 2.45) is 0 Å². The van der Waals surface area contributed by atoms with Gasteiger partial charge < -0.3 is 19.5 Å². The molecule has 0 bridgehead atoms. The molecule has 0 atom stereocenters. The first-order chi connectivity index (χ1) is 20.1. The third-order valence-electron chi connectivity index (χ3n) is 7.59. The maximum absolute atomic E-state index is 12.6. The van der Waals surface area contributed by atoms with Gasteiger partial charge >= 0.3 is 0 Å². The second-order valence-electron chi connectivity index (χ2n) is 9.86. The summed E-state index contributed by atoms with van der Waals surface area (Å²) in [6, 6.07) is 39.5. The van der Waals surface area contributed by atoms with E-state index in [9.17, 15) is 9.59 Å². The van der Waals surface area contributed by atoms with Crippen LogP contribution < -0.4 is 10.6 Å². The summed E-state index contributed by atoms with van der Waals surface area (Å²) in [5.74, 6) is -0.103. The van der Waals surface area contributed by atoms with E-state index < -0.39 is 5.41 Å². The summed E-state index contributed by atoms with van der Waals surface area (Å²) in [5.41, 5.74) is 7.52. The lowest BCUT2D eigenvalue weighted by molar-refractivity contribution is 0.0989. The first kappa shape index (κ1) is 24.4. The fourth-order valence-corrected chi connectivity index (χ4v) is 5.83. The average Bonchev–Trinajstić information content (AvgIpc) is 3.79. The lowest BCUT2D eigenvalue weighted by Crippen LogP contribution is -2.28. The number of hydrogen-bond acceptors (Lipinski definition) is 4. The average molecular weight is 537 g/mol. The zero-order valence-corrected chi connectivity index (χ0v) is 21.8. The van der Waals surface area contributed by atoms with E-state index in [2.05, 4.69) is 83.4 Å². The molecule has 198 valence electrons. The first-order valence-electron chi connectivity index (χ1n) is 13.2. The van der Waals surface area contributed by atoms with Crippen molar-refractivity contribution in [1.29, 1.82) is 0 Å². The summed E-state index contributed by atoms with van der Waals surface area (Å²) < 4.78 is 10.5. The van der Waals surface area contributed by atoms with Crippen molar-refractivity contribution in [1.82, 2.24) is 0 Å². The molecule has 6 aromatic rings. The molecule has 2 heterocycles. The smallest absolute Gasteiger partial charge is 0.291 e. The molecule has 4 aromatic carbocycles. The molecular formula is C35H24N2O4. The predicted octanol–water partition coefficient (Wildman–Crippen LogP) is 7.74. The van der Waals surface area contributed by atoms with Gasteiger partial charge in [-0.25, -0.2) is 0 Å². The monoisotopic (exact) mass is 536 g/mol. The Labute approximate surface area is 236 Å². The Bertz CT molecular complexity index is 1710. The van der Waals surface area contributed by atoms with E-state index in [-0.39, 0.29) is 23.3 Å². The van der Waals surface area contributed by atoms with Crippen molar-refractivity contribution in [3.63, 3.8) is 0 Å². The summed E-state index contributed by atoms with van der Waals surface area (Å²) in [6.45, 7) is 0. The number of hydrogen-bond donors (Lipinski definition) is 2. The zero-order chi connectivity index (χ0) is 27.8. The first-order valence-corrected chi connectivity index (χ1v) is 13.2. The van der Waals surface area contributed by atoms with Crippen LogP contribution in [0.3, 0.4) is 0 Å². The standard InChI is InChI=1S/C35H24N2O4/c38-33(31-11-5-21-40-31)36-25-17-13-23(14-18-25)35(29-9-3-1-7-27(29)28-8-2-4-10-30(28)35)24-15-19-26(20-16-24)37-34(39)32-12-6-22-41-32/h1-22H,(H,36,38)(H,37,39). The number of fused-ring (bicyclic) bond motifs is 3. The van der Waals surface area contributed by atoms with Crippen molar-refractivity contribution < 1.29 is 18.4 Å². The van der Waals surface area contributed by atoms with Crippen LogP contribution in [0.4, 0.5) is 11.4 Å². The van der Waals surface area contributed by atoms with Gasteiger partial charge in [-0.15, -0.1) is 0 Å². The molecule has 1 aliphatic rings. The van der Waals surface area contributed by atoms with Crippen molar-refractivity contribution >= 4 is 23.2 Å². The molecule has 2 aromatic heterocycles. The van der Waals surface area contributed by atoms with Gasteiger partial charge in [0, 0.05) is 11.4 Å². The summed E-state index contributed by atoms with van der Waals surface area (Å²) in [6.07, 6.45) is 2.95. The lowest BCUT2D eigenvalue weighted by Gasteiger charge is -2.34. The number of amides is 2. The van der Waals surface area contributed by atoms with Crippen molar-refractivity contribution in [2.75, 3.05) is 10.6 Å². The molecular weight excluding hydrogens is 512 g/mol. The molecule has 0 radical (unpaired) electrons. The van der Waals surface area contributed by atoms with Crippen LogP contribution in [-0.4, -0.2) is 11.8 Å². The third-order valence-corrected chi connectivity index (χ3v) is 7.59. The molecule has 0 aliphatic heterocycles. The maximum atomic E-state index is 12.6. The number of furan rings is 2. The van der Waals surface area contributed by atoms with E-state index in [1.165, 1.54) is 34.8 Å². The van der Waals surface area contributed by atoms with Crippen LogP contribution in [-0.2, 0) is 5.41 Å². The quantitative estimate of drug-likeness (QED) is 0.228. The second-order valence-corrected chi connectivity index (χ2v) is 9.86. The highest BCUT2D eigenvalue weighted by molar-refractivity contribution is 6.03. The molecule has 0 unspecified atom stereocenters. The number of benzene rings is 4. The van der Waals surface area contributed by atoms with Crippen LogP contribution in [0.15, 0.2) is 143 Å². The van der Waals surface area contributed by atoms with Gasteiger partial charge in [0.2, 0.25) is 0 Å². The Morgan fingerprint density at radius 2 is 0.902 bits per heavy atom. The molecule has 0 spiro atoms. The minimum atomic E-state index is -0.611. The van der Waals surface area contributed by atoms with E-state index in [1.807, 2.05) is 24.3 Å². The van der Waals surface area contributed by atoms with Crippen LogP contribution in [0.2, 0.25) is 0 Å². The van der Waals surface area contributed by atoms with Crippen molar-refractivity contribution in [3.8, 4) is 11.1 Å². The second kappa shape index (κ2) is 9.84. The third kappa shape index (κ3) is 4.05. The minimum Gasteiger partial charge on any atom is -0.459 e. The minimum absolute atomic E-state index is 0.253. The van der Waals surface area contributed by atoms with Gasteiger partial charge in [-0.3, -0.25) is 9.59 Å². The Kier molecular flexibility index (Phi) is 5.86. The van der Waals surface area contributed by atoms with Gasteiger partial charge in [0.05, 0.1) is 17.9 Å². The molecule has 6 nitrogen and oxygen atoms in total. The maximum Gasteiger partial charge on any atom is 0.291 e. The van der Waals surface area contributed by atoms with Crippen LogP contribution in [0.25, 0.3) is 11.1 Å². The molecule has 0 saturated carbocycles. The van der Waals surface area contributed by atoms with Gasteiger partial charge in [0.15, 0.2) is 11.5 Å². The number of anilines is 2. The highest BCUT2D eigenvalue weighted by Crippen LogP contribution is 2.56. The van der Waals surface area contributed by atoms with E-state index in [1.54, 1.807) is 24.3 Å². The van der Waals surface area contributed by atoms with Gasteiger partial charge in [-0.2, -0.15) is 0 Å². The fourth-order valence-electron chi connectivity index (χ4n) is 5.83. The predicted molar refractivity (Wildman–Crippen MR) is 157 cm³/mol. The Hall–Kier alpha value is -5.62. The molecule has 2 amide bonds. The van der Waals surface area contributed by atoms with Gasteiger partial charge in [-0.05, 0) is 81.9 Å². The van der Waals surface area contributed by atoms with Crippen LogP contribution in [0, 0.1) is 0 Å². The largest absolute Gasteiger partial charge is 0.459 e. The van der Waals surface area contributed by atoms with Crippen LogP contribution in [0.5, 0.6) is 0 Å². The summed E-state index contributed by atoms with van der Waals surface area (Å²) in [4.78, 5) is 25.1. The van der Waals surface area contributed by atoms with Gasteiger partial charge in [0.1, 0.15) is 0 Å². The van der Waals surface area contributed by atoms with E-state index in [0.717, 1.165) is 11.1 Å². The van der Waals surface area contributed by atoms with Crippen molar-refractivity contribution in [3.05, 3.63) is 168 Å². The van der Waals surface area contributed by atoms with Crippen molar-refractivity contribution in [2.45, 2.75) is 5.41 Å². The Balaban J connectivity index is 1.32. The summed E-state index contributed by atoms with van der Waals surface area (Å²) >= 11 is 0. The molecule has 41 heavy (non-hydrogen) atoms. The summed E-state index contributed by atoms with van der Waals surface area (Å²) in [7, 11) is 0. The Morgan fingerprint density at radius 1 is 0.488 bits per heavy atom. The van der Waals surface area contributed by atoms with Crippen LogP contribution in [0.1, 0.15) is 43.4 Å². The molecule has 0 saturated heterocycles. The topological polar surface area (TPSA) is 84.5 Å². The van der Waals surface area contributed by atoms with Crippen LogP contribution >= 0.6 is 0 Å². The highest BCUT2D eigenvalue weighted by atomic mass is 16.3. The molecule has 6 heteroatoms. The highest BCUT2D eigenvalue weighted by Gasteiger charge is 2.45. The van der Waals surface area contributed by atoms with Gasteiger partial charge in [0.25, 0.3) is 11.8 Å². The number of carbonyl (C=O) groups is 2. The Morgan fingerprint density at radius 3 is 1.29 bits per heavy atom. The normalized spacial score (nSPS) is 12.8. The lowest BCUT2D eigenvalue weighted by atomic mass is 9.67. The number of carbonyl (C=O) groups excluding carboxylic acids is 2. The molecule has 1 aliphatic carbocycles. The SMILES string of the molecule is O=C(Nc1ccc(C2(c3ccc(NC(=O)c4ccco4)cc3)c3ccccc3-c3ccccc32)cc1)c1ccco1. The molecule has 2 N–H and O–H groups in total. The van der Waals surface area contributed by atoms with E-state index >= 15 is 0 Å². The van der Waals surface area contributed by atoms with E-state index in [4.69, 9.17) is 8.83 Å². The molecule has 0 fully saturated rings. The number of rotatable bonds is 6. The van der Waals surface area contributed by atoms with Gasteiger partial charge in [-0.1, -0.05) is 72.8 Å².